The molecule has 0 spiro atoms. The van der Waals surface area contributed by atoms with Crippen molar-refractivity contribution in [3.63, 3.8) is 0 Å². The van der Waals surface area contributed by atoms with Gasteiger partial charge in [-0.25, -0.2) is 0 Å². The van der Waals surface area contributed by atoms with Gasteiger partial charge in [0.2, 0.25) is 5.91 Å². The normalized spacial score (nSPS) is 12.6. The maximum absolute atomic E-state index is 12.6. The van der Waals surface area contributed by atoms with E-state index in [1.807, 2.05) is 6.08 Å². The lowest BCUT2D eigenvalue weighted by Gasteiger charge is -2.20. The number of aliphatic hydroxyl groups excluding tert-OH is 2. The number of ether oxygens (including phenoxy) is 1. The highest BCUT2D eigenvalue weighted by molar-refractivity contribution is 5.76. The fourth-order valence-corrected chi connectivity index (χ4v) is 14.3. The molecule has 0 aliphatic rings. The molecule has 0 heterocycles. The minimum atomic E-state index is -0.844. The molecule has 0 saturated heterocycles. The third kappa shape index (κ3) is 82.9. The Morgan fingerprint density at radius 1 is 0.278 bits per heavy atom. The summed E-state index contributed by atoms with van der Waals surface area (Å²) in [6.07, 6.45) is 115. The van der Waals surface area contributed by atoms with E-state index < -0.39 is 12.1 Å². The van der Waals surface area contributed by atoms with Gasteiger partial charge in [0.05, 0.1) is 25.4 Å². The number of unbranched alkanes of at least 4 members (excludes halogenated alkanes) is 70. The fourth-order valence-electron chi connectivity index (χ4n) is 14.3. The van der Waals surface area contributed by atoms with Gasteiger partial charge in [0.15, 0.2) is 0 Å². The van der Waals surface area contributed by atoms with Crippen molar-refractivity contribution >= 4 is 11.9 Å². The first-order valence-corrected chi connectivity index (χ1v) is 44.8. The number of carbonyl (C=O) groups is 2. The van der Waals surface area contributed by atoms with Crippen LogP contribution < -0.4 is 5.32 Å². The van der Waals surface area contributed by atoms with Crippen LogP contribution in [0.2, 0.25) is 0 Å². The van der Waals surface area contributed by atoms with Crippen LogP contribution in [0.1, 0.15) is 508 Å². The Balaban J connectivity index is 3.35. The number of hydrogen-bond acceptors (Lipinski definition) is 5. The van der Waals surface area contributed by atoms with E-state index in [0.29, 0.717) is 19.4 Å². The largest absolute Gasteiger partial charge is 0.466 e. The number of aliphatic hydroxyl groups is 2. The van der Waals surface area contributed by atoms with Gasteiger partial charge in [-0.15, -0.1) is 0 Å². The molecule has 1 amide bonds. The molecular weight excluding hydrogens is 1190 g/mol. The van der Waals surface area contributed by atoms with Crippen molar-refractivity contribution in [2.45, 2.75) is 520 Å². The molecule has 0 aromatic rings. The SMILES string of the molecule is CCCCCCCC/C=C\CCCCCCCCCCCC(=O)OCCCCCCCCCCCCCCCCCC/C=C\CCCCCCCCCCCCCCCCCCCC(=O)NC(CO)C(O)/C=C/CCCCCCCCCCCCCCCCCCCCCCCC. The van der Waals surface area contributed by atoms with E-state index in [4.69, 9.17) is 4.74 Å². The van der Waals surface area contributed by atoms with Gasteiger partial charge < -0.3 is 20.3 Å². The Kier molecular flexibility index (Phi) is 84.8. The van der Waals surface area contributed by atoms with Gasteiger partial charge in [0, 0.05) is 12.8 Å². The molecule has 0 bridgehead atoms. The molecule has 6 heteroatoms. The van der Waals surface area contributed by atoms with E-state index in [1.54, 1.807) is 6.08 Å². The first-order valence-electron chi connectivity index (χ1n) is 44.8. The number of nitrogens with one attached hydrogen (secondary N) is 1. The minimum absolute atomic E-state index is 0.0219. The van der Waals surface area contributed by atoms with Crippen LogP contribution in [-0.2, 0) is 14.3 Å². The summed E-state index contributed by atoms with van der Waals surface area (Å²) in [5.74, 6) is -0.0364. The summed E-state index contributed by atoms with van der Waals surface area (Å²) in [6, 6.07) is -0.627. The van der Waals surface area contributed by atoms with Crippen LogP contribution in [0.3, 0.4) is 0 Å². The van der Waals surface area contributed by atoms with Crippen molar-refractivity contribution < 1.29 is 24.5 Å². The molecule has 574 valence electrons. The molecule has 0 aromatic heterocycles. The van der Waals surface area contributed by atoms with Crippen LogP contribution in [0.15, 0.2) is 36.5 Å². The lowest BCUT2D eigenvalue weighted by Crippen LogP contribution is -2.45. The second kappa shape index (κ2) is 86.5. The van der Waals surface area contributed by atoms with Crippen LogP contribution in [-0.4, -0.2) is 47.4 Å². The van der Waals surface area contributed by atoms with Crippen LogP contribution in [0.25, 0.3) is 0 Å². The summed E-state index contributed by atoms with van der Waals surface area (Å²) in [4.78, 5) is 24.7. The van der Waals surface area contributed by atoms with Gasteiger partial charge in [-0.2, -0.15) is 0 Å². The average molecular weight is 1360 g/mol. The molecule has 2 unspecified atom stereocenters. The van der Waals surface area contributed by atoms with Crippen LogP contribution in [0, 0.1) is 0 Å². The van der Waals surface area contributed by atoms with Crippen molar-refractivity contribution in [2.75, 3.05) is 13.2 Å². The smallest absolute Gasteiger partial charge is 0.305 e. The van der Waals surface area contributed by atoms with E-state index in [1.165, 1.54) is 443 Å². The first-order chi connectivity index (χ1) is 48.0. The Hall–Kier alpha value is -1.92. The van der Waals surface area contributed by atoms with Gasteiger partial charge in [0.25, 0.3) is 0 Å². The lowest BCUT2D eigenvalue weighted by atomic mass is 10.0. The van der Waals surface area contributed by atoms with E-state index in [0.717, 1.165) is 38.5 Å². The fraction of sp³-hybridized carbons (Fsp3) is 0.912. The second-order valence-corrected chi connectivity index (χ2v) is 30.9. The number of hydrogen-bond donors (Lipinski definition) is 3. The molecule has 0 saturated carbocycles. The third-order valence-electron chi connectivity index (χ3n) is 21.1. The summed E-state index contributed by atoms with van der Waals surface area (Å²) in [5, 5.41) is 23.3. The highest BCUT2D eigenvalue weighted by atomic mass is 16.5. The van der Waals surface area contributed by atoms with Crippen molar-refractivity contribution in [1.82, 2.24) is 5.32 Å². The van der Waals surface area contributed by atoms with Gasteiger partial charge in [-0.1, -0.05) is 448 Å². The molecular formula is C91H175NO5. The lowest BCUT2D eigenvalue weighted by molar-refractivity contribution is -0.143. The second-order valence-electron chi connectivity index (χ2n) is 30.9. The molecule has 97 heavy (non-hydrogen) atoms. The number of esters is 1. The average Bonchev–Trinajstić information content (AvgIpc) is 3.77. The molecule has 3 N–H and O–H groups in total. The zero-order valence-electron chi connectivity index (χ0n) is 66.1. The van der Waals surface area contributed by atoms with Crippen molar-refractivity contribution in [3.8, 4) is 0 Å². The maximum atomic E-state index is 12.6. The number of carbonyl (C=O) groups excluding carboxylic acids is 2. The Morgan fingerprint density at radius 3 is 0.732 bits per heavy atom. The number of allylic oxidation sites excluding steroid dienone is 5. The summed E-state index contributed by atoms with van der Waals surface area (Å²) in [5.41, 5.74) is 0. The van der Waals surface area contributed by atoms with Crippen LogP contribution >= 0.6 is 0 Å². The molecule has 0 aliphatic heterocycles. The molecule has 0 radical (unpaired) electrons. The van der Waals surface area contributed by atoms with E-state index in [2.05, 4.69) is 43.5 Å². The highest BCUT2D eigenvalue weighted by Crippen LogP contribution is 2.21. The molecule has 0 rings (SSSR count). The van der Waals surface area contributed by atoms with Gasteiger partial charge in [-0.3, -0.25) is 9.59 Å². The van der Waals surface area contributed by atoms with Crippen LogP contribution in [0.5, 0.6) is 0 Å². The van der Waals surface area contributed by atoms with E-state index >= 15 is 0 Å². The quantitative estimate of drug-likeness (QED) is 0.0320. The van der Waals surface area contributed by atoms with Gasteiger partial charge in [0.1, 0.15) is 0 Å². The van der Waals surface area contributed by atoms with Crippen molar-refractivity contribution in [3.05, 3.63) is 36.5 Å². The number of amides is 1. The summed E-state index contributed by atoms with van der Waals surface area (Å²) >= 11 is 0. The maximum Gasteiger partial charge on any atom is 0.305 e. The number of rotatable bonds is 85. The van der Waals surface area contributed by atoms with E-state index in [9.17, 15) is 19.8 Å². The van der Waals surface area contributed by atoms with E-state index in [-0.39, 0.29) is 18.5 Å². The van der Waals surface area contributed by atoms with Crippen molar-refractivity contribution in [1.29, 1.82) is 0 Å². The van der Waals surface area contributed by atoms with Gasteiger partial charge >= 0.3 is 5.97 Å². The predicted octanol–water partition coefficient (Wildman–Crippen LogP) is 30.1. The standard InChI is InChI=1S/C91H175NO5/c1-3-5-7-9-11-13-15-17-19-21-23-24-25-41-44-48-51-55-59-63-67-71-75-79-83-89(94)88(87-93)92-90(95)84-80-76-72-68-64-60-56-52-49-45-42-39-37-35-33-31-29-27-26-28-30-32-34-36-38-40-43-46-50-54-58-62-66-70-74-78-82-86-97-91(96)85-81-77-73-69-65-61-57-53-47-22-20-18-16-14-12-10-8-6-4-2/h18,20,26,28,79,83,88-89,93-94H,3-17,19,21-25,27,29-78,80-82,84-87H2,1-2H3,(H,92,95)/b20-18-,28-26-,83-79+. The van der Waals surface area contributed by atoms with Gasteiger partial charge in [-0.05, 0) is 83.5 Å². The molecule has 0 aromatic carbocycles. The zero-order valence-corrected chi connectivity index (χ0v) is 66.1. The summed E-state index contributed by atoms with van der Waals surface area (Å²) in [7, 11) is 0. The zero-order chi connectivity index (χ0) is 69.8. The third-order valence-corrected chi connectivity index (χ3v) is 21.1. The Labute approximate surface area is 608 Å². The minimum Gasteiger partial charge on any atom is -0.466 e. The Morgan fingerprint density at radius 2 is 0.485 bits per heavy atom. The predicted molar refractivity (Wildman–Crippen MR) is 430 cm³/mol. The Bertz CT molecular complexity index is 1570. The first kappa shape index (κ1) is 95.1. The molecule has 0 aliphatic carbocycles. The summed E-state index contributed by atoms with van der Waals surface area (Å²) < 4.78 is 5.52. The highest BCUT2D eigenvalue weighted by Gasteiger charge is 2.18. The molecule has 6 nitrogen and oxygen atoms in total. The topological polar surface area (TPSA) is 95.9 Å². The van der Waals surface area contributed by atoms with Crippen LogP contribution in [0.4, 0.5) is 0 Å². The molecule has 2 atom stereocenters. The van der Waals surface area contributed by atoms with Crippen molar-refractivity contribution in [2.24, 2.45) is 0 Å². The molecule has 0 fully saturated rings. The summed E-state index contributed by atoms with van der Waals surface area (Å²) in [6.45, 7) is 4.96. The monoisotopic (exact) mass is 1360 g/mol.